The van der Waals surface area contributed by atoms with Crippen molar-refractivity contribution in [3.05, 3.63) is 35.1 Å². The quantitative estimate of drug-likeness (QED) is 0.167. The van der Waals surface area contributed by atoms with Crippen molar-refractivity contribution < 1.29 is 63.3 Å². The molecular formula is C67H178NO13-. The molecule has 0 saturated carbocycles. The summed E-state index contributed by atoms with van der Waals surface area (Å²) in [7, 11) is 2.76. The molecule has 1 aromatic carbocycles. The van der Waals surface area contributed by atoms with Gasteiger partial charge in [-0.25, -0.2) is 4.79 Å². The number of Topliss-reactive ketones (excluding diaryl/α,β-unsaturated/α-hetero) is 1. The number of carboxylic acids is 1. The van der Waals surface area contributed by atoms with Gasteiger partial charge in [0.2, 0.25) is 6.79 Å². The largest absolute Gasteiger partial charge is 0.547 e. The Hall–Kier alpha value is -3.72. The molecule has 1 saturated heterocycles. The molecule has 14 nitrogen and oxygen atoms in total. The van der Waals surface area contributed by atoms with E-state index in [2.05, 4.69) is 11.0 Å². The molecule has 3 aliphatic heterocycles. The summed E-state index contributed by atoms with van der Waals surface area (Å²) in [4.78, 5) is 48.3. The third-order valence-corrected chi connectivity index (χ3v) is 9.37. The van der Waals surface area contributed by atoms with Crippen molar-refractivity contribution in [3.8, 4) is 11.5 Å². The zero-order valence-electron chi connectivity index (χ0n) is 28.1. The number of carbonyl (C=O) groups is 4. The molecule has 0 radical (unpaired) electrons. The van der Waals surface area contributed by atoms with Gasteiger partial charge in [-0.3, -0.25) is 14.5 Å². The molecule has 14 heteroatoms. The Morgan fingerprint density at radius 1 is 0.667 bits per heavy atom. The van der Waals surface area contributed by atoms with Crippen LogP contribution in [0.15, 0.2) is 24.0 Å². The highest BCUT2D eigenvalue weighted by molar-refractivity contribution is 5.86. The molecule has 0 unspecified atom stereocenters. The van der Waals surface area contributed by atoms with E-state index in [0.29, 0.717) is 30.1 Å². The third kappa shape index (κ3) is 47.3. The zero-order chi connectivity index (χ0) is 35.4. The third-order valence-electron chi connectivity index (χ3n) is 9.37. The van der Waals surface area contributed by atoms with E-state index in [-0.39, 0.29) is 276 Å². The minimum atomic E-state index is -2.12. The second-order valence-electron chi connectivity index (χ2n) is 13.5. The Kier molecular flexibility index (Phi) is 205. The molecule has 3 heterocycles. The van der Waals surface area contributed by atoms with E-state index in [4.69, 9.17) is 28.8 Å². The Balaban J connectivity index is -0.0000000207. The van der Waals surface area contributed by atoms with Crippen LogP contribution in [0.3, 0.4) is 0 Å². The number of methoxy groups -OCH3 is 2. The number of carboxylic acid groups (broad SMARTS) is 1. The van der Waals surface area contributed by atoms with E-state index >= 15 is 0 Å². The highest BCUT2D eigenvalue weighted by Crippen LogP contribution is 2.55. The molecule has 3 N–H and O–H groups in total. The summed E-state index contributed by atoms with van der Waals surface area (Å²) in [5.41, 5.74) is -1.42. The van der Waals surface area contributed by atoms with Gasteiger partial charge in [0.25, 0.3) is 0 Å². The molecule has 530 valence electrons. The van der Waals surface area contributed by atoms with Gasteiger partial charge >= 0.3 is 11.9 Å². The van der Waals surface area contributed by atoms with Gasteiger partial charge in [-0.2, -0.15) is 0 Å². The van der Waals surface area contributed by atoms with Gasteiger partial charge in [0.1, 0.15) is 17.6 Å². The predicted octanol–water partition coefficient (Wildman–Crippen LogP) is 21.6. The zero-order valence-corrected chi connectivity index (χ0v) is 28.1. The number of fused-ring (bicyclic) bond motifs is 3. The van der Waals surface area contributed by atoms with Crippen LogP contribution in [-0.4, -0.2) is 107 Å². The van der Waals surface area contributed by atoms with Crippen LogP contribution in [0.4, 0.5) is 0 Å². The second-order valence-corrected chi connectivity index (χ2v) is 13.5. The summed E-state index contributed by atoms with van der Waals surface area (Å²) in [6.07, 6.45) is 1.92. The Morgan fingerprint density at radius 3 is 1.42 bits per heavy atom. The summed E-state index contributed by atoms with van der Waals surface area (Å²) >= 11 is 0. The van der Waals surface area contributed by atoms with Crippen molar-refractivity contribution in [3.63, 3.8) is 0 Å². The fraction of sp³-hybridized carbons (Fsp3) is 0.821. The first-order chi connectivity index (χ1) is 22.5. The van der Waals surface area contributed by atoms with Crippen LogP contribution in [0.1, 0.15) is 328 Å². The lowest BCUT2D eigenvalue weighted by Crippen LogP contribution is -2.49. The summed E-state index contributed by atoms with van der Waals surface area (Å²) in [5, 5.41) is 39.8. The van der Waals surface area contributed by atoms with E-state index < -0.39 is 53.3 Å². The summed E-state index contributed by atoms with van der Waals surface area (Å²) in [6.45, 7) is 6.41. The molecule has 0 amide bonds. The lowest BCUT2D eigenvalue weighted by molar-refractivity contribution is -0.315. The van der Waals surface area contributed by atoms with Crippen molar-refractivity contribution in [1.29, 1.82) is 0 Å². The van der Waals surface area contributed by atoms with Gasteiger partial charge in [-0.1, -0.05) is 245 Å². The van der Waals surface area contributed by atoms with E-state index in [1.807, 2.05) is 12.1 Å². The number of carbonyl (C=O) groups excluding carboxylic acids is 4. The highest BCUT2D eigenvalue weighted by atomic mass is 16.7. The number of benzene rings is 1. The lowest BCUT2D eigenvalue weighted by atomic mass is 9.77. The standard InChI is InChI=1S/C29H39NO9.C5H8O4.33CH4/c1-27(2,33)8-5-10-29(34,16-23(31)36-4)26(32)39-25-22(35-3)15-28-9-6-11-30(28)12-7-18-13-20-21(38-17-37-20)14-19(18)24(25)28;1-3(6)2-4(7)5(8)9;;;;;;;;;;;;;;;;;;;;;;;;;;;;;;;;;/h13-15,24-25,33-34H,5-12,16-17H2,1-4H3;4,7H,2H2,1H3,(H,8,9);33*1H4/p-1/t24-,25-,28+,29+;4-;;;;;;;;;;;;;;;;;;;;;;;;;;;;;;;;;/m11................................./s1. The van der Waals surface area contributed by atoms with Crippen molar-refractivity contribution >= 4 is 23.7 Å². The maximum Gasteiger partial charge on any atom is 0.339 e. The predicted molar refractivity (Wildman–Crippen MR) is 388 cm³/mol. The molecule has 1 aromatic rings. The van der Waals surface area contributed by atoms with Crippen LogP contribution in [0.5, 0.6) is 11.5 Å². The van der Waals surface area contributed by atoms with Crippen molar-refractivity contribution in [2.45, 2.75) is 352 Å². The summed E-state index contributed by atoms with van der Waals surface area (Å²) in [6, 6.07) is 4.00. The number of esters is 2. The van der Waals surface area contributed by atoms with Crippen LogP contribution in [0.2, 0.25) is 0 Å². The Bertz CT molecular complexity index is 1430. The highest BCUT2D eigenvalue weighted by Gasteiger charge is 2.59. The SMILES string of the molecule is C.C.C.C.C.C.C.C.C.C.C.C.C.C.C.C.C.C.C.C.C.C.C.C.C.C.C.C.C.C.C.C.C.CC(=O)C[C@@H](O)C(=O)[O-].COC(=O)C[C@@](O)(CCCC(C)(C)O)C(=O)O[C@@H]1C(OC)=C[C@]23CCCN2CCc2cc4c(cc2[C@H]13)OCO4. The number of hydrogen-bond donors (Lipinski definition) is 3. The minimum Gasteiger partial charge on any atom is -0.547 e. The summed E-state index contributed by atoms with van der Waals surface area (Å²) in [5.74, 6) is -2.04. The average Bonchev–Trinajstić information content (AvgIpc) is 3.69. The molecule has 0 aromatic heterocycles. The number of aliphatic hydroxyl groups excluding tert-OH is 1. The number of aliphatic carboxylic acids is 1. The molecule has 1 spiro atoms. The maximum atomic E-state index is 13.8. The van der Waals surface area contributed by atoms with E-state index in [0.717, 1.165) is 43.5 Å². The number of ketones is 1. The van der Waals surface area contributed by atoms with Gasteiger partial charge in [0.05, 0.1) is 43.7 Å². The first-order valence-corrected chi connectivity index (χ1v) is 16.1. The topological polar surface area (TPSA) is 201 Å². The van der Waals surface area contributed by atoms with Gasteiger partial charge in [0, 0.05) is 13.0 Å². The lowest BCUT2D eigenvalue weighted by Gasteiger charge is -2.39. The van der Waals surface area contributed by atoms with Gasteiger partial charge < -0.3 is 48.9 Å². The first kappa shape index (κ1) is 201. The van der Waals surface area contributed by atoms with Gasteiger partial charge in [-0.15, -0.1) is 0 Å². The van der Waals surface area contributed by atoms with Crippen LogP contribution in [0, 0.1) is 0 Å². The fourth-order valence-electron chi connectivity index (χ4n) is 7.06. The first-order valence-electron chi connectivity index (χ1n) is 16.1. The van der Waals surface area contributed by atoms with Crippen LogP contribution in [-0.2, 0) is 39.8 Å². The smallest absolute Gasteiger partial charge is 0.339 e. The molecule has 5 rings (SSSR count). The fourth-order valence-corrected chi connectivity index (χ4v) is 7.06. The van der Waals surface area contributed by atoms with E-state index in [1.54, 1.807) is 21.0 Å². The number of aliphatic hydroxyl groups is 3. The van der Waals surface area contributed by atoms with Gasteiger partial charge in [-0.05, 0) is 95.2 Å². The number of rotatable bonds is 12. The van der Waals surface area contributed by atoms with Crippen molar-refractivity contribution in [2.75, 3.05) is 34.1 Å². The van der Waals surface area contributed by atoms with Crippen LogP contribution >= 0.6 is 0 Å². The average molecular weight is 1210 g/mol. The number of hydrogen-bond acceptors (Lipinski definition) is 14. The number of nitrogens with zero attached hydrogens (tertiary/aromatic N) is 1. The van der Waals surface area contributed by atoms with Crippen LogP contribution in [0.25, 0.3) is 0 Å². The second kappa shape index (κ2) is 82.7. The normalized spacial score (nSPS) is 14.4. The minimum absolute atomic E-state index is 0. The summed E-state index contributed by atoms with van der Waals surface area (Å²) < 4.78 is 28.1. The maximum absolute atomic E-state index is 13.8. The molecule has 1 aliphatic carbocycles. The molecule has 1 fully saturated rings. The van der Waals surface area contributed by atoms with Gasteiger partial charge in [0.15, 0.2) is 23.2 Å². The molecule has 5 atom stereocenters. The molecule has 0 bridgehead atoms. The number of ether oxygens (including phenoxy) is 5. The molecular weight excluding hydrogens is 1030 g/mol. The monoisotopic (exact) mass is 1210 g/mol. The van der Waals surface area contributed by atoms with E-state index in [9.17, 15) is 34.5 Å². The molecule has 4 aliphatic rings. The Labute approximate surface area is 522 Å². The van der Waals surface area contributed by atoms with E-state index in [1.165, 1.54) is 14.0 Å². The Morgan fingerprint density at radius 2 is 1.07 bits per heavy atom. The van der Waals surface area contributed by atoms with Crippen LogP contribution < -0.4 is 14.6 Å². The molecule has 81 heavy (non-hydrogen) atoms. The van der Waals surface area contributed by atoms with Crippen molar-refractivity contribution in [1.82, 2.24) is 4.90 Å². The van der Waals surface area contributed by atoms with Crippen molar-refractivity contribution in [2.24, 2.45) is 0 Å².